The molecule has 3 atom stereocenters. The average Bonchev–Trinajstić information content (AvgIpc) is 3.13. The van der Waals surface area contributed by atoms with Crippen LogP contribution in [-0.2, 0) is 4.74 Å². The Hall–Kier alpha value is -1.11. The normalized spacial score (nSPS) is 27.4. The zero-order chi connectivity index (χ0) is 14.6. The van der Waals surface area contributed by atoms with Gasteiger partial charge in [0.1, 0.15) is 4.88 Å². The maximum atomic E-state index is 12.5. The minimum Gasteiger partial charge on any atom is -0.397 e. The van der Waals surface area contributed by atoms with Gasteiger partial charge in [0.2, 0.25) is 0 Å². The number of fused-ring (bicyclic) bond motifs is 3. The molecule has 4 rings (SSSR count). The van der Waals surface area contributed by atoms with Gasteiger partial charge in [0.05, 0.1) is 23.9 Å². The molecule has 2 fully saturated rings. The monoisotopic (exact) mass is 366 g/mol. The number of amides is 1. The van der Waals surface area contributed by atoms with E-state index in [1.165, 1.54) is 11.3 Å². The van der Waals surface area contributed by atoms with Gasteiger partial charge < -0.3 is 15.8 Å². The molecule has 0 saturated carbocycles. The van der Waals surface area contributed by atoms with Crippen LogP contribution in [0.15, 0.2) is 22.7 Å². The number of rotatable bonds is 2. The molecule has 1 aromatic heterocycles. The van der Waals surface area contributed by atoms with Crippen molar-refractivity contribution in [1.82, 2.24) is 5.32 Å². The molecule has 0 aliphatic carbocycles. The largest absolute Gasteiger partial charge is 0.397 e. The second kappa shape index (κ2) is 4.97. The Kier molecular flexibility index (Phi) is 3.20. The molecule has 4 nitrogen and oxygen atoms in total. The van der Waals surface area contributed by atoms with Crippen LogP contribution in [0.5, 0.6) is 0 Å². The molecule has 1 aromatic carbocycles. The minimum absolute atomic E-state index is 0.0817. The molecule has 1 amide bonds. The van der Waals surface area contributed by atoms with E-state index in [0.29, 0.717) is 16.7 Å². The Morgan fingerprint density at radius 1 is 1.43 bits per heavy atom. The van der Waals surface area contributed by atoms with Gasteiger partial charge in [0.15, 0.2) is 0 Å². The highest BCUT2D eigenvalue weighted by Crippen LogP contribution is 2.39. The summed E-state index contributed by atoms with van der Waals surface area (Å²) in [7, 11) is 0. The van der Waals surface area contributed by atoms with E-state index in [1.54, 1.807) is 0 Å². The SMILES string of the molecule is Nc1c(C(=O)NC2CC3CCC2O3)sc2cccc(Br)c12. The van der Waals surface area contributed by atoms with E-state index in [0.717, 1.165) is 33.8 Å². The summed E-state index contributed by atoms with van der Waals surface area (Å²) in [6.45, 7) is 0. The summed E-state index contributed by atoms with van der Waals surface area (Å²) in [5.74, 6) is -0.0817. The Morgan fingerprint density at radius 2 is 2.29 bits per heavy atom. The summed E-state index contributed by atoms with van der Waals surface area (Å²) in [6, 6.07) is 6.01. The number of carbonyl (C=O) groups excluding carboxylic acids is 1. The Labute approximate surface area is 134 Å². The summed E-state index contributed by atoms with van der Waals surface area (Å²) in [6.07, 6.45) is 3.60. The van der Waals surface area contributed by atoms with Crippen molar-refractivity contribution >= 4 is 48.9 Å². The van der Waals surface area contributed by atoms with Crippen LogP contribution in [0.2, 0.25) is 0 Å². The van der Waals surface area contributed by atoms with Crippen molar-refractivity contribution in [1.29, 1.82) is 0 Å². The third-order valence-corrected chi connectivity index (χ3v) is 6.16. The van der Waals surface area contributed by atoms with E-state index in [-0.39, 0.29) is 18.1 Å². The van der Waals surface area contributed by atoms with Crippen molar-refractivity contribution in [3.8, 4) is 0 Å². The zero-order valence-corrected chi connectivity index (χ0v) is 13.7. The van der Waals surface area contributed by atoms with Crippen LogP contribution < -0.4 is 11.1 Å². The lowest BCUT2D eigenvalue weighted by Gasteiger charge is -2.19. The summed E-state index contributed by atoms with van der Waals surface area (Å²) in [5, 5.41) is 4.03. The van der Waals surface area contributed by atoms with Crippen molar-refractivity contribution in [3.63, 3.8) is 0 Å². The summed E-state index contributed by atoms with van der Waals surface area (Å²) < 4.78 is 7.73. The maximum absolute atomic E-state index is 12.5. The van der Waals surface area contributed by atoms with E-state index < -0.39 is 0 Å². The third kappa shape index (κ3) is 2.17. The van der Waals surface area contributed by atoms with Crippen LogP contribution in [-0.4, -0.2) is 24.2 Å². The lowest BCUT2D eigenvalue weighted by Crippen LogP contribution is -2.41. The van der Waals surface area contributed by atoms with Gasteiger partial charge in [-0.05, 0) is 31.4 Å². The van der Waals surface area contributed by atoms with E-state index >= 15 is 0 Å². The molecule has 21 heavy (non-hydrogen) atoms. The molecule has 3 heterocycles. The smallest absolute Gasteiger partial charge is 0.263 e. The van der Waals surface area contributed by atoms with Crippen LogP contribution in [0.3, 0.4) is 0 Å². The van der Waals surface area contributed by atoms with Crippen LogP contribution in [0, 0.1) is 0 Å². The van der Waals surface area contributed by atoms with Crippen LogP contribution in [0.4, 0.5) is 5.69 Å². The molecular weight excluding hydrogens is 352 g/mol. The average molecular weight is 367 g/mol. The number of hydrogen-bond donors (Lipinski definition) is 2. The lowest BCUT2D eigenvalue weighted by atomic mass is 9.95. The highest BCUT2D eigenvalue weighted by atomic mass is 79.9. The first-order valence-electron chi connectivity index (χ1n) is 7.06. The summed E-state index contributed by atoms with van der Waals surface area (Å²) in [5.41, 5.74) is 6.74. The topological polar surface area (TPSA) is 64.4 Å². The molecule has 2 bridgehead atoms. The molecule has 3 unspecified atom stereocenters. The fourth-order valence-corrected chi connectivity index (χ4v) is 5.08. The Morgan fingerprint density at radius 3 is 2.95 bits per heavy atom. The first-order chi connectivity index (χ1) is 10.1. The number of nitrogens with one attached hydrogen (secondary N) is 1. The number of halogens is 1. The van der Waals surface area contributed by atoms with Gasteiger partial charge in [-0.25, -0.2) is 0 Å². The molecule has 2 aliphatic rings. The van der Waals surface area contributed by atoms with Crippen molar-refractivity contribution < 1.29 is 9.53 Å². The number of carbonyl (C=O) groups is 1. The predicted octanol–water partition coefficient (Wildman–Crippen LogP) is 3.30. The zero-order valence-electron chi connectivity index (χ0n) is 11.3. The molecule has 2 saturated heterocycles. The van der Waals surface area contributed by atoms with Crippen LogP contribution in [0.1, 0.15) is 28.9 Å². The highest BCUT2D eigenvalue weighted by Gasteiger charge is 2.41. The molecule has 2 aliphatic heterocycles. The van der Waals surface area contributed by atoms with Gasteiger partial charge in [-0.3, -0.25) is 4.79 Å². The van der Waals surface area contributed by atoms with Crippen molar-refractivity contribution in [2.75, 3.05) is 5.73 Å². The van der Waals surface area contributed by atoms with E-state index in [2.05, 4.69) is 21.2 Å². The molecule has 0 radical (unpaired) electrons. The first-order valence-corrected chi connectivity index (χ1v) is 8.67. The quantitative estimate of drug-likeness (QED) is 0.856. The van der Waals surface area contributed by atoms with Crippen molar-refractivity contribution in [3.05, 3.63) is 27.5 Å². The number of thiophene rings is 1. The van der Waals surface area contributed by atoms with Gasteiger partial charge in [0.25, 0.3) is 5.91 Å². The van der Waals surface area contributed by atoms with Crippen molar-refractivity contribution in [2.24, 2.45) is 0 Å². The second-order valence-electron chi connectivity index (χ2n) is 5.65. The Balaban J connectivity index is 1.62. The molecule has 3 N–H and O–H groups in total. The lowest BCUT2D eigenvalue weighted by molar-refractivity contribution is 0.0844. The number of nitrogens with two attached hydrogens (primary N) is 1. The predicted molar refractivity (Wildman–Crippen MR) is 87.7 cm³/mol. The summed E-state index contributed by atoms with van der Waals surface area (Å²) in [4.78, 5) is 13.1. The van der Waals surface area contributed by atoms with E-state index in [9.17, 15) is 4.79 Å². The number of anilines is 1. The summed E-state index contributed by atoms with van der Waals surface area (Å²) >= 11 is 4.94. The first kappa shape index (κ1) is 13.5. The number of benzene rings is 1. The highest BCUT2D eigenvalue weighted by molar-refractivity contribution is 9.10. The number of hydrogen-bond acceptors (Lipinski definition) is 4. The standard InChI is InChI=1S/C15H15BrN2O2S/c16-8-2-1-3-11-12(8)13(17)14(21-11)15(19)18-9-6-7-4-5-10(9)20-7/h1-3,7,9-10H,4-6,17H2,(H,18,19). The third-order valence-electron chi connectivity index (χ3n) is 4.33. The molecule has 110 valence electrons. The maximum Gasteiger partial charge on any atom is 0.263 e. The molecular formula is C15H15BrN2O2S. The van der Waals surface area contributed by atoms with Gasteiger partial charge in [0, 0.05) is 14.6 Å². The fraction of sp³-hybridized carbons (Fsp3) is 0.400. The molecule has 0 spiro atoms. The van der Waals surface area contributed by atoms with Gasteiger partial charge >= 0.3 is 0 Å². The van der Waals surface area contributed by atoms with E-state index in [1.807, 2.05) is 18.2 Å². The molecule has 6 heteroatoms. The van der Waals surface area contributed by atoms with E-state index in [4.69, 9.17) is 10.5 Å². The minimum atomic E-state index is -0.0817. The van der Waals surface area contributed by atoms with Gasteiger partial charge in [-0.1, -0.05) is 22.0 Å². The Bertz CT molecular complexity index is 730. The van der Waals surface area contributed by atoms with Crippen molar-refractivity contribution in [2.45, 2.75) is 37.5 Å². The number of ether oxygens (including phenoxy) is 1. The number of nitrogen functional groups attached to an aromatic ring is 1. The van der Waals surface area contributed by atoms with Gasteiger partial charge in [-0.2, -0.15) is 0 Å². The van der Waals surface area contributed by atoms with Gasteiger partial charge in [-0.15, -0.1) is 11.3 Å². The van der Waals surface area contributed by atoms with Crippen LogP contribution >= 0.6 is 27.3 Å². The fourth-order valence-electron chi connectivity index (χ4n) is 3.32. The second-order valence-corrected chi connectivity index (χ2v) is 7.55. The van der Waals surface area contributed by atoms with Crippen LogP contribution in [0.25, 0.3) is 10.1 Å². The molecule has 2 aromatic rings.